The van der Waals surface area contributed by atoms with Crippen LogP contribution in [0.3, 0.4) is 0 Å². The fraction of sp³-hybridized carbons (Fsp3) is 0.421. The van der Waals surface area contributed by atoms with Crippen molar-refractivity contribution in [3.63, 3.8) is 0 Å². The van der Waals surface area contributed by atoms with Gasteiger partial charge in [-0.3, -0.25) is 4.79 Å². The van der Waals surface area contributed by atoms with Gasteiger partial charge in [-0.15, -0.1) is 13.2 Å². The van der Waals surface area contributed by atoms with Crippen LogP contribution in [0.25, 0.3) is 0 Å². The molecular formula is C19H26O2. The zero-order valence-electron chi connectivity index (χ0n) is 13.2. The molecule has 1 aromatic carbocycles. The van der Waals surface area contributed by atoms with Gasteiger partial charge in [0, 0.05) is 0 Å². The zero-order valence-corrected chi connectivity index (χ0v) is 13.2. The van der Waals surface area contributed by atoms with E-state index in [0.29, 0.717) is 13.0 Å². The minimum atomic E-state index is -0.576. The molecule has 2 heteroatoms. The van der Waals surface area contributed by atoms with Gasteiger partial charge in [-0.05, 0) is 37.7 Å². The summed E-state index contributed by atoms with van der Waals surface area (Å²) in [5.41, 5.74) is 0.573. The third-order valence-electron chi connectivity index (χ3n) is 4.11. The van der Waals surface area contributed by atoms with E-state index in [1.165, 1.54) is 0 Å². The van der Waals surface area contributed by atoms with Crippen molar-refractivity contribution >= 4 is 5.97 Å². The summed E-state index contributed by atoms with van der Waals surface area (Å²) in [7, 11) is 0. The molecule has 0 bridgehead atoms. The number of rotatable bonds is 9. The van der Waals surface area contributed by atoms with E-state index in [2.05, 4.69) is 32.2 Å². The second-order valence-corrected chi connectivity index (χ2v) is 5.33. The molecule has 0 fully saturated rings. The van der Waals surface area contributed by atoms with E-state index < -0.39 is 5.41 Å². The van der Waals surface area contributed by atoms with Gasteiger partial charge in [0.2, 0.25) is 0 Å². The molecule has 0 aromatic heterocycles. The average molecular weight is 286 g/mol. The van der Waals surface area contributed by atoms with Crippen molar-refractivity contribution in [1.82, 2.24) is 0 Å². The Morgan fingerprint density at radius 1 is 1.29 bits per heavy atom. The number of benzene rings is 1. The Balaban J connectivity index is 3.21. The molecule has 0 heterocycles. The third-order valence-corrected chi connectivity index (χ3v) is 4.11. The highest BCUT2D eigenvalue weighted by Gasteiger charge is 2.43. The first-order chi connectivity index (χ1) is 10.1. The molecular weight excluding hydrogens is 260 g/mol. The maximum atomic E-state index is 12.7. The molecule has 2 atom stereocenters. The third kappa shape index (κ3) is 4.07. The average Bonchev–Trinajstić information content (AvgIpc) is 2.52. The Bertz CT molecular complexity index is 464. The Morgan fingerprint density at radius 3 is 2.48 bits per heavy atom. The predicted octanol–water partition coefficient (Wildman–Crippen LogP) is 4.88. The molecule has 114 valence electrons. The minimum Gasteiger partial charge on any atom is -0.466 e. The van der Waals surface area contributed by atoms with Crippen LogP contribution < -0.4 is 0 Å². The van der Waals surface area contributed by atoms with Gasteiger partial charge in [0.05, 0.1) is 12.0 Å². The highest BCUT2D eigenvalue weighted by atomic mass is 16.5. The largest absolute Gasteiger partial charge is 0.466 e. The van der Waals surface area contributed by atoms with Crippen LogP contribution >= 0.6 is 0 Å². The Morgan fingerprint density at radius 2 is 1.95 bits per heavy atom. The number of hydrogen-bond acceptors (Lipinski definition) is 2. The van der Waals surface area contributed by atoms with Gasteiger partial charge in [-0.25, -0.2) is 0 Å². The summed E-state index contributed by atoms with van der Waals surface area (Å²) in [5, 5.41) is 0. The number of carbonyl (C=O) groups is 1. The van der Waals surface area contributed by atoms with Gasteiger partial charge in [0.1, 0.15) is 0 Å². The lowest BCUT2D eigenvalue weighted by atomic mass is 9.68. The van der Waals surface area contributed by atoms with E-state index in [0.717, 1.165) is 18.4 Å². The second-order valence-electron chi connectivity index (χ2n) is 5.33. The summed E-state index contributed by atoms with van der Waals surface area (Å²) in [6.07, 6.45) is 5.78. The topological polar surface area (TPSA) is 26.3 Å². The van der Waals surface area contributed by atoms with Crippen LogP contribution in [-0.2, 0) is 9.53 Å². The maximum absolute atomic E-state index is 12.7. The van der Waals surface area contributed by atoms with E-state index in [1.54, 1.807) is 0 Å². The summed E-state index contributed by atoms with van der Waals surface area (Å²) < 4.78 is 5.38. The molecule has 0 radical (unpaired) electrons. The summed E-state index contributed by atoms with van der Waals surface area (Å²) >= 11 is 0. The van der Waals surface area contributed by atoms with Gasteiger partial charge in [-0.2, -0.15) is 0 Å². The predicted molar refractivity (Wildman–Crippen MR) is 88.2 cm³/mol. The molecule has 0 aliphatic rings. The van der Waals surface area contributed by atoms with E-state index >= 15 is 0 Å². The molecule has 0 amide bonds. The highest BCUT2D eigenvalue weighted by Crippen LogP contribution is 2.44. The van der Waals surface area contributed by atoms with Gasteiger partial charge in [-0.1, -0.05) is 49.4 Å². The zero-order chi connectivity index (χ0) is 15.7. The molecule has 1 rings (SSSR count). The van der Waals surface area contributed by atoms with Gasteiger partial charge in [0.25, 0.3) is 0 Å². The van der Waals surface area contributed by atoms with E-state index in [9.17, 15) is 4.79 Å². The van der Waals surface area contributed by atoms with Crippen molar-refractivity contribution in [3.8, 4) is 0 Å². The number of carbonyl (C=O) groups excluding carboxylic acids is 1. The van der Waals surface area contributed by atoms with Gasteiger partial charge >= 0.3 is 5.97 Å². The van der Waals surface area contributed by atoms with Crippen molar-refractivity contribution in [1.29, 1.82) is 0 Å². The summed E-state index contributed by atoms with van der Waals surface area (Å²) in [6, 6.07) is 10.1. The SMILES string of the molecule is C=CCCC(CC=C)(C(=O)OCC)C(C)c1ccccc1. The Kier molecular flexibility index (Phi) is 6.93. The molecule has 0 aliphatic carbocycles. The van der Waals surface area contributed by atoms with Crippen molar-refractivity contribution in [3.05, 3.63) is 61.2 Å². The molecule has 0 N–H and O–H groups in total. The maximum Gasteiger partial charge on any atom is 0.312 e. The van der Waals surface area contributed by atoms with Crippen molar-refractivity contribution in [2.45, 2.75) is 39.0 Å². The normalized spacial score (nSPS) is 14.8. The summed E-state index contributed by atoms with van der Waals surface area (Å²) in [5.74, 6) is -0.0706. The monoisotopic (exact) mass is 286 g/mol. The van der Waals surface area contributed by atoms with E-state index in [4.69, 9.17) is 4.74 Å². The summed E-state index contributed by atoms with van der Waals surface area (Å²) in [6.45, 7) is 12.0. The molecule has 0 saturated carbocycles. The number of ether oxygens (including phenoxy) is 1. The van der Waals surface area contributed by atoms with Crippen molar-refractivity contribution in [2.24, 2.45) is 5.41 Å². The van der Waals surface area contributed by atoms with Gasteiger partial charge < -0.3 is 4.74 Å². The Labute approximate surface area is 128 Å². The van der Waals surface area contributed by atoms with Crippen LogP contribution in [-0.4, -0.2) is 12.6 Å². The smallest absolute Gasteiger partial charge is 0.312 e. The van der Waals surface area contributed by atoms with Gasteiger partial charge in [0.15, 0.2) is 0 Å². The molecule has 0 spiro atoms. The summed E-state index contributed by atoms with van der Waals surface area (Å²) in [4.78, 5) is 12.7. The van der Waals surface area contributed by atoms with Crippen LogP contribution in [0.15, 0.2) is 55.6 Å². The second kappa shape index (κ2) is 8.46. The van der Waals surface area contributed by atoms with Crippen LogP contribution in [0.2, 0.25) is 0 Å². The standard InChI is InChI=1S/C19H26O2/c1-5-8-15-19(14-6-2,18(20)21-7-3)16(4)17-12-10-9-11-13-17/h5-6,9-13,16H,1-2,7-8,14-15H2,3-4H3. The first-order valence-electron chi connectivity index (χ1n) is 7.56. The van der Waals surface area contributed by atoms with Crippen LogP contribution in [0.1, 0.15) is 44.6 Å². The highest BCUT2D eigenvalue weighted by molar-refractivity contribution is 5.78. The Hall–Kier alpha value is -1.83. The lowest BCUT2D eigenvalue weighted by Gasteiger charge is -2.36. The number of hydrogen-bond donors (Lipinski definition) is 0. The molecule has 2 nitrogen and oxygen atoms in total. The minimum absolute atomic E-state index is 0.0655. The van der Waals surface area contributed by atoms with Crippen LogP contribution in [0.4, 0.5) is 0 Å². The molecule has 1 aromatic rings. The number of esters is 1. The molecule has 2 unspecified atom stereocenters. The fourth-order valence-corrected chi connectivity index (χ4v) is 2.81. The fourth-order valence-electron chi connectivity index (χ4n) is 2.81. The first-order valence-corrected chi connectivity index (χ1v) is 7.56. The van der Waals surface area contributed by atoms with Crippen molar-refractivity contribution in [2.75, 3.05) is 6.61 Å². The molecule has 0 saturated heterocycles. The first kappa shape index (κ1) is 17.2. The molecule has 0 aliphatic heterocycles. The quantitative estimate of drug-likeness (QED) is 0.477. The van der Waals surface area contributed by atoms with Crippen LogP contribution in [0.5, 0.6) is 0 Å². The lowest BCUT2D eigenvalue weighted by Crippen LogP contribution is -2.37. The van der Waals surface area contributed by atoms with E-state index in [-0.39, 0.29) is 11.9 Å². The number of allylic oxidation sites excluding steroid dienone is 2. The lowest BCUT2D eigenvalue weighted by molar-refractivity contribution is -0.157. The van der Waals surface area contributed by atoms with E-state index in [1.807, 2.05) is 37.3 Å². The van der Waals surface area contributed by atoms with Crippen LogP contribution in [0, 0.1) is 5.41 Å². The molecule has 21 heavy (non-hydrogen) atoms. The van der Waals surface area contributed by atoms with Crippen molar-refractivity contribution < 1.29 is 9.53 Å².